The number of ether oxygens (including phenoxy) is 1. The zero-order chi connectivity index (χ0) is 21.3. The van der Waals surface area contributed by atoms with E-state index in [-0.39, 0.29) is 29.7 Å². The maximum Gasteiger partial charge on any atom is 0.331 e. The van der Waals surface area contributed by atoms with Crippen LogP contribution in [0.15, 0.2) is 35.5 Å². The van der Waals surface area contributed by atoms with Crippen LogP contribution in [-0.2, 0) is 14.3 Å². The second-order valence-corrected chi connectivity index (χ2v) is 9.52. The van der Waals surface area contributed by atoms with Crippen LogP contribution in [0.5, 0.6) is 0 Å². The van der Waals surface area contributed by atoms with Crippen molar-refractivity contribution in [2.75, 3.05) is 0 Å². The number of carbonyl (C=O) groups is 2. The molecule has 3 rings (SSSR count). The molecule has 0 aromatic heterocycles. The number of aliphatic hydroxyl groups excluding tert-OH is 1. The summed E-state index contributed by atoms with van der Waals surface area (Å²) in [6, 6.07) is -0.0242. The molecule has 3 aliphatic rings. The molecule has 5 nitrogen and oxygen atoms in total. The normalized spacial score (nSPS) is 41.0. The lowest BCUT2D eigenvalue weighted by atomic mass is 9.63. The van der Waals surface area contributed by atoms with Gasteiger partial charge in [0.15, 0.2) is 0 Å². The molecule has 5 heteroatoms. The Morgan fingerprint density at radius 3 is 2.69 bits per heavy atom. The molecule has 29 heavy (non-hydrogen) atoms. The van der Waals surface area contributed by atoms with Gasteiger partial charge in [-0.2, -0.15) is 0 Å². The number of hydrogen-bond donors (Lipinski definition) is 2. The molecule has 1 saturated heterocycles. The highest BCUT2D eigenvalue weighted by molar-refractivity contribution is 5.94. The fourth-order valence-electron chi connectivity index (χ4n) is 5.25. The summed E-state index contributed by atoms with van der Waals surface area (Å²) in [5.41, 5.74) is 1.11. The van der Waals surface area contributed by atoms with Crippen molar-refractivity contribution < 1.29 is 19.4 Å². The summed E-state index contributed by atoms with van der Waals surface area (Å²) >= 11 is 0. The Morgan fingerprint density at radius 1 is 1.28 bits per heavy atom. The third-order valence-electron chi connectivity index (χ3n) is 6.79. The molecule has 0 unspecified atom stereocenters. The van der Waals surface area contributed by atoms with Gasteiger partial charge in [0.25, 0.3) is 5.91 Å². The molecule has 1 spiro atoms. The molecule has 0 bridgehead atoms. The molecule has 0 aromatic rings. The van der Waals surface area contributed by atoms with Crippen molar-refractivity contribution >= 4 is 11.9 Å². The Kier molecular flexibility index (Phi) is 6.37. The molecule has 0 aromatic carbocycles. The number of hydrogen-bond acceptors (Lipinski definition) is 4. The van der Waals surface area contributed by atoms with Gasteiger partial charge in [-0.1, -0.05) is 50.1 Å². The number of amides is 1. The molecule has 6 atom stereocenters. The van der Waals surface area contributed by atoms with Crippen LogP contribution in [0.4, 0.5) is 0 Å². The largest absolute Gasteiger partial charge is 0.444 e. The fraction of sp³-hybridized carbons (Fsp3) is 0.667. The third kappa shape index (κ3) is 4.20. The number of esters is 1. The number of nitrogens with one attached hydrogen (secondary N) is 1. The summed E-state index contributed by atoms with van der Waals surface area (Å²) in [5, 5.41) is 13.3. The molecule has 1 fully saturated rings. The van der Waals surface area contributed by atoms with Gasteiger partial charge in [0.2, 0.25) is 5.60 Å². The van der Waals surface area contributed by atoms with Crippen molar-refractivity contribution in [3.05, 3.63) is 35.5 Å². The van der Waals surface area contributed by atoms with Gasteiger partial charge in [-0.05, 0) is 51.4 Å². The summed E-state index contributed by atoms with van der Waals surface area (Å²) in [4.78, 5) is 26.1. The molecular formula is C24H35NO4. The maximum atomic E-state index is 13.4. The Labute approximate surface area is 174 Å². The Bertz CT molecular complexity index is 750. The first-order valence-corrected chi connectivity index (χ1v) is 10.9. The Balaban J connectivity index is 2.12. The second kappa shape index (κ2) is 8.47. The second-order valence-electron chi connectivity index (χ2n) is 9.52. The summed E-state index contributed by atoms with van der Waals surface area (Å²) in [6.45, 7) is 10.6. The van der Waals surface area contributed by atoms with Crippen molar-refractivity contribution in [3.63, 3.8) is 0 Å². The van der Waals surface area contributed by atoms with Gasteiger partial charge in [0.05, 0.1) is 6.10 Å². The van der Waals surface area contributed by atoms with E-state index in [0.717, 1.165) is 18.4 Å². The van der Waals surface area contributed by atoms with Crippen LogP contribution >= 0.6 is 0 Å². The van der Waals surface area contributed by atoms with Crippen LogP contribution in [0.2, 0.25) is 0 Å². The monoisotopic (exact) mass is 401 g/mol. The predicted molar refractivity (Wildman–Crippen MR) is 113 cm³/mol. The molecule has 1 aliphatic carbocycles. The minimum absolute atomic E-state index is 0.0242. The molecule has 2 heterocycles. The third-order valence-corrected chi connectivity index (χ3v) is 6.79. The molecule has 2 aliphatic heterocycles. The highest BCUT2D eigenvalue weighted by atomic mass is 16.6. The fourth-order valence-corrected chi connectivity index (χ4v) is 5.25. The molecule has 0 radical (unpaired) electrons. The van der Waals surface area contributed by atoms with Crippen LogP contribution in [0.1, 0.15) is 60.3 Å². The van der Waals surface area contributed by atoms with Crippen LogP contribution in [-0.4, -0.2) is 34.7 Å². The highest BCUT2D eigenvalue weighted by Gasteiger charge is 2.64. The summed E-state index contributed by atoms with van der Waals surface area (Å²) in [7, 11) is 0. The van der Waals surface area contributed by atoms with Gasteiger partial charge < -0.3 is 15.2 Å². The van der Waals surface area contributed by atoms with E-state index in [4.69, 9.17) is 4.74 Å². The van der Waals surface area contributed by atoms with Crippen molar-refractivity contribution in [1.82, 2.24) is 5.32 Å². The lowest BCUT2D eigenvalue weighted by molar-refractivity contribution is -0.172. The van der Waals surface area contributed by atoms with E-state index < -0.39 is 17.7 Å². The minimum atomic E-state index is -1.22. The SMILES string of the molecule is CC1=C[C@@H]2/C=C(\C)CC[C@@H](O)C/C=C/C(=O)O[C@]23C(=O)N[C@@H](CC(C)C)[C@@H]3[C@@H]1C. The summed E-state index contributed by atoms with van der Waals surface area (Å²) < 4.78 is 6.06. The zero-order valence-electron chi connectivity index (χ0n) is 18.3. The van der Waals surface area contributed by atoms with E-state index in [1.807, 2.05) is 6.92 Å². The average molecular weight is 402 g/mol. The first kappa shape index (κ1) is 21.8. The Morgan fingerprint density at radius 2 is 2.00 bits per heavy atom. The van der Waals surface area contributed by atoms with Crippen LogP contribution in [0.25, 0.3) is 0 Å². The van der Waals surface area contributed by atoms with Crippen LogP contribution in [0.3, 0.4) is 0 Å². The van der Waals surface area contributed by atoms with E-state index in [0.29, 0.717) is 18.8 Å². The van der Waals surface area contributed by atoms with Gasteiger partial charge in [0, 0.05) is 24.0 Å². The zero-order valence-corrected chi connectivity index (χ0v) is 18.3. The number of rotatable bonds is 2. The standard InChI is InChI=1S/C24H35NO4/c1-14(2)11-20-22-17(5)16(4)13-18-12-15(3)9-10-19(26)7-6-8-21(27)29-24(18,22)23(28)25-20/h6,8,12-14,17-20,22,26H,7,9-11H2,1-5H3,(H,25,28)/b8-6+,15-12+/t17-,18+,19+,20+,22+,24-/m1/s1. The lowest BCUT2D eigenvalue weighted by Crippen LogP contribution is -2.56. The molecule has 160 valence electrons. The summed E-state index contributed by atoms with van der Waals surface area (Å²) in [5.74, 6) is -0.560. The molecule has 0 saturated carbocycles. The number of carbonyl (C=O) groups excluding carboxylic acids is 2. The number of aliphatic hydroxyl groups is 1. The van der Waals surface area contributed by atoms with E-state index in [9.17, 15) is 14.7 Å². The van der Waals surface area contributed by atoms with E-state index in [1.54, 1.807) is 6.08 Å². The topological polar surface area (TPSA) is 75.6 Å². The number of allylic oxidation sites excluding steroid dienone is 2. The smallest absolute Gasteiger partial charge is 0.331 e. The van der Waals surface area contributed by atoms with E-state index in [1.165, 1.54) is 11.6 Å². The quantitative estimate of drug-likeness (QED) is 0.547. The van der Waals surface area contributed by atoms with Crippen molar-refractivity contribution in [3.8, 4) is 0 Å². The van der Waals surface area contributed by atoms with Gasteiger partial charge in [-0.15, -0.1) is 0 Å². The molecular weight excluding hydrogens is 366 g/mol. The predicted octanol–water partition coefficient (Wildman–Crippen LogP) is 3.69. The van der Waals surface area contributed by atoms with Gasteiger partial charge >= 0.3 is 5.97 Å². The van der Waals surface area contributed by atoms with Crippen LogP contribution < -0.4 is 5.32 Å². The summed E-state index contributed by atoms with van der Waals surface area (Å²) in [6.07, 6.45) is 9.34. The van der Waals surface area contributed by atoms with E-state index >= 15 is 0 Å². The van der Waals surface area contributed by atoms with Gasteiger partial charge in [0.1, 0.15) is 0 Å². The first-order valence-electron chi connectivity index (χ1n) is 10.9. The van der Waals surface area contributed by atoms with Gasteiger partial charge in [-0.3, -0.25) is 4.79 Å². The lowest BCUT2D eigenvalue weighted by Gasteiger charge is -2.45. The van der Waals surface area contributed by atoms with Crippen LogP contribution in [0, 0.1) is 23.7 Å². The van der Waals surface area contributed by atoms with Crippen molar-refractivity contribution in [1.29, 1.82) is 0 Å². The minimum Gasteiger partial charge on any atom is -0.444 e. The van der Waals surface area contributed by atoms with Crippen molar-refractivity contribution in [2.45, 2.75) is 78.0 Å². The Hall–Kier alpha value is -1.88. The molecule has 2 N–H and O–H groups in total. The van der Waals surface area contributed by atoms with Gasteiger partial charge in [-0.25, -0.2) is 4.79 Å². The molecule has 1 amide bonds. The first-order chi connectivity index (χ1) is 13.6. The average Bonchev–Trinajstić information content (AvgIpc) is 2.89. The van der Waals surface area contributed by atoms with E-state index in [2.05, 4.69) is 45.2 Å². The maximum absolute atomic E-state index is 13.4. The highest BCUT2D eigenvalue weighted by Crippen LogP contribution is 2.50. The van der Waals surface area contributed by atoms with Crippen molar-refractivity contribution in [2.24, 2.45) is 23.7 Å².